The number of halogens is 10. The highest BCUT2D eigenvalue weighted by Gasteiger charge is 2.79. The molecule has 0 atom stereocenters. The van der Waals surface area contributed by atoms with E-state index < -0.39 is 34.4 Å². The van der Waals surface area contributed by atoms with Crippen LogP contribution in [0.5, 0.6) is 0 Å². The Labute approximate surface area is 102 Å². The first kappa shape index (κ1) is 16.4. The van der Waals surface area contributed by atoms with Gasteiger partial charge in [0.2, 0.25) is 0 Å². The van der Waals surface area contributed by atoms with E-state index in [4.69, 9.17) is 0 Å². The van der Waals surface area contributed by atoms with E-state index in [0.717, 1.165) is 0 Å². The summed E-state index contributed by atoms with van der Waals surface area (Å²) in [7, 11) is 0. The van der Waals surface area contributed by atoms with Gasteiger partial charge in [-0.3, -0.25) is 0 Å². The largest absolute Gasteiger partial charge is 0.379 e. The van der Waals surface area contributed by atoms with Crippen LogP contribution in [0.4, 0.5) is 35.1 Å². The van der Waals surface area contributed by atoms with E-state index in [-0.39, 0.29) is 0 Å². The molecule has 0 bridgehead atoms. The zero-order valence-electron chi connectivity index (χ0n) is 7.19. The minimum atomic E-state index is -6.17. The van der Waals surface area contributed by atoms with Gasteiger partial charge in [0, 0.05) is 0 Å². The van der Waals surface area contributed by atoms with Crippen LogP contribution >= 0.6 is 31.9 Å². The standard InChI is InChI=1S/C6H4Br2F8/c7-1-3(9,10)5(13,14)6(15,16)4(11,12)2-8/h1-2H2. The highest BCUT2D eigenvalue weighted by Crippen LogP contribution is 2.53. The summed E-state index contributed by atoms with van der Waals surface area (Å²) in [5, 5.41) is -3.72. The fourth-order valence-corrected chi connectivity index (χ4v) is 1.33. The van der Waals surface area contributed by atoms with Crippen LogP contribution in [-0.4, -0.2) is 34.4 Å². The van der Waals surface area contributed by atoms with E-state index in [1.165, 1.54) is 0 Å². The lowest BCUT2D eigenvalue weighted by molar-refractivity contribution is -0.355. The number of hydrogen-bond acceptors (Lipinski definition) is 0. The summed E-state index contributed by atoms with van der Waals surface area (Å²) in [5.74, 6) is -22.9. The van der Waals surface area contributed by atoms with Gasteiger partial charge in [-0.1, -0.05) is 31.9 Å². The predicted molar refractivity (Wildman–Crippen MR) is 47.4 cm³/mol. The Morgan fingerprint density at radius 3 is 0.875 bits per heavy atom. The molecule has 0 saturated carbocycles. The van der Waals surface area contributed by atoms with Gasteiger partial charge in [0.15, 0.2) is 0 Å². The molecular weight excluding hydrogens is 384 g/mol. The van der Waals surface area contributed by atoms with Crippen LogP contribution in [0.1, 0.15) is 0 Å². The molecule has 16 heavy (non-hydrogen) atoms. The molecule has 0 saturated heterocycles. The maximum atomic E-state index is 12.6. The van der Waals surface area contributed by atoms with Crippen molar-refractivity contribution in [1.29, 1.82) is 0 Å². The van der Waals surface area contributed by atoms with Crippen molar-refractivity contribution in [2.45, 2.75) is 23.7 Å². The van der Waals surface area contributed by atoms with Crippen molar-refractivity contribution in [3.05, 3.63) is 0 Å². The minimum Gasteiger partial charge on any atom is -0.199 e. The van der Waals surface area contributed by atoms with Gasteiger partial charge in [0.25, 0.3) is 0 Å². The molecule has 0 heterocycles. The average Bonchev–Trinajstić information content (AvgIpc) is 2.16. The van der Waals surface area contributed by atoms with E-state index in [9.17, 15) is 35.1 Å². The summed E-state index contributed by atoms with van der Waals surface area (Å²) in [6, 6.07) is 0. The second-order valence-corrected chi connectivity index (χ2v) is 3.95. The molecule has 0 radical (unpaired) electrons. The Kier molecular flexibility index (Phi) is 4.70. The molecule has 0 aliphatic carbocycles. The first-order valence-electron chi connectivity index (χ1n) is 3.50. The second kappa shape index (κ2) is 4.58. The number of hydrogen-bond donors (Lipinski definition) is 0. The molecule has 0 aromatic rings. The first-order valence-corrected chi connectivity index (χ1v) is 5.75. The average molecular weight is 388 g/mol. The molecule has 10 heteroatoms. The minimum absolute atomic E-state index is 1.86. The Morgan fingerprint density at radius 1 is 0.562 bits per heavy atom. The van der Waals surface area contributed by atoms with Gasteiger partial charge in [-0.25, -0.2) is 0 Å². The first-order chi connectivity index (χ1) is 6.87. The topological polar surface area (TPSA) is 0 Å². The molecule has 0 aromatic heterocycles. The van der Waals surface area contributed by atoms with Crippen LogP contribution in [0.2, 0.25) is 0 Å². The van der Waals surface area contributed by atoms with Gasteiger partial charge in [0.05, 0.1) is 10.7 Å². The predicted octanol–water partition coefficient (Wildman–Crippen LogP) is 4.32. The van der Waals surface area contributed by atoms with Crippen LogP contribution < -0.4 is 0 Å². The molecule has 0 nitrogen and oxygen atoms in total. The Bertz CT molecular complexity index is 225. The molecule has 0 amide bonds. The third kappa shape index (κ3) is 2.32. The highest BCUT2D eigenvalue weighted by atomic mass is 79.9. The Hall–Kier alpha value is 0.400. The monoisotopic (exact) mass is 386 g/mol. The Balaban J connectivity index is 5.46. The van der Waals surface area contributed by atoms with E-state index in [2.05, 4.69) is 0 Å². The third-order valence-electron chi connectivity index (χ3n) is 1.65. The summed E-state index contributed by atoms with van der Waals surface area (Å²) in [6.45, 7) is 0. The summed E-state index contributed by atoms with van der Waals surface area (Å²) in [5.41, 5.74) is 0. The van der Waals surface area contributed by atoms with Crippen LogP contribution in [-0.2, 0) is 0 Å². The van der Waals surface area contributed by atoms with Gasteiger partial charge >= 0.3 is 23.7 Å². The summed E-state index contributed by atoms with van der Waals surface area (Å²) < 4.78 is 100. The van der Waals surface area contributed by atoms with E-state index >= 15 is 0 Å². The van der Waals surface area contributed by atoms with Crippen molar-refractivity contribution in [3.63, 3.8) is 0 Å². The summed E-state index contributed by atoms with van der Waals surface area (Å²) in [6.07, 6.45) is 0. The zero-order chi connectivity index (χ0) is 13.4. The van der Waals surface area contributed by atoms with Crippen molar-refractivity contribution < 1.29 is 35.1 Å². The lowest BCUT2D eigenvalue weighted by atomic mass is 10.0. The van der Waals surface area contributed by atoms with Gasteiger partial charge in [-0.05, 0) is 0 Å². The van der Waals surface area contributed by atoms with Crippen molar-refractivity contribution in [3.8, 4) is 0 Å². The molecule has 0 aliphatic rings. The van der Waals surface area contributed by atoms with Gasteiger partial charge < -0.3 is 0 Å². The van der Waals surface area contributed by atoms with Crippen molar-refractivity contribution in [2.24, 2.45) is 0 Å². The molecular formula is C6H4Br2F8. The molecule has 0 fully saturated rings. The second-order valence-electron chi connectivity index (χ2n) is 2.82. The Morgan fingerprint density at radius 2 is 0.750 bits per heavy atom. The lowest BCUT2D eigenvalue weighted by Crippen LogP contribution is -2.63. The number of alkyl halides is 10. The van der Waals surface area contributed by atoms with Crippen LogP contribution in [0.3, 0.4) is 0 Å². The maximum absolute atomic E-state index is 12.6. The zero-order valence-corrected chi connectivity index (χ0v) is 10.4. The quantitative estimate of drug-likeness (QED) is 0.487. The van der Waals surface area contributed by atoms with Crippen molar-refractivity contribution in [1.82, 2.24) is 0 Å². The fourth-order valence-electron chi connectivity index (χ4n) is 0.627. The molecule has 0 aliphatic heterocycles. The van der Waals surface area contributed by atoms with Gasteiger partial charge in [-0.2, -0.15) is 35.1 Å². The third-order valence-corrected chi connectivity index (χ3v) is 3.06. The van der Waals surface area contributed by atoms with Crippen LogP contribution in [0, 0.1) is 0 Å². The summed E-state index contributed by atoms with van der Waals surface area (Å²) >= 11 is 3.74. The maximum Gasteiger partial charge on any atom is 0.379 e. The van der Waals surface area contributed by atoms with E-state index in [1.54, 1.807) is 0 Å². The van der Waals surface area contributed by atoms with Crippen LogP contribution in [0.25, 0.3) is 0 Å². The van der Waals surface area contributed by atoms with Gasteiger partial charge in [0.1, 0.15) is 0 Å². The fraction of sp³-hybridized carbons (Fsp3) is 1.00. The van der Waals surface area contributed by atoms with E-state index in [0.29, 0.717) is 0 Å². The lowest BCUT2D eigenvalue weighted by Gasteiger charge is -2.35. The molecule has 0 unspecified atom stereocenters. The van der Waals surface area contributed by atoms with Crippen molar-refractivity contribution >= 4 is 31.9 Å². The molecule has 0 rings (SSSR count). The molecule has 0 aromatic carbocycles. The van der Waals surface area contributed by atoms with E-state index in [1.807, 2.05) is 31.9 Å². The van der Waals surface area contributed by atoms with Gasteiger partial charge in [-0.15, -0.1) is 0 Å². The highest BCUT2D eigenvalue weighted by molar-refractivity contribution is 9.09. The molecule has 0 N–H and O–H groups in total. The molecule has 98 valence electrons. The summed E-state index contributed by atoms with van der Waals surface area (Å²) in [4.78, 5) is 0. The van der Waals surface area contributed by atoms with Crippen LogP contribution in [0.15, 0.2) is 0 Å². The number of rotatable bonds is 5. The molecule has 0 spiro atoms. The normalized spacial score (nSPS) is 15.4. The SMILES string of the molecule is FC(F)(CBr)C(F)(F)C(F)(F)C(F)(F)CBr. The smallest absolute Gasteiger partial charge is 0.199 e. The van der Waals surface area contributed by atoms with Crippen molar-refractivity contribution in [2.75, 3.05) is 10.7 Å².